The Morgan fingerprint density at radius 3 is 2.33 bits per heavy atom. The van der Waals surface area contributed by atoms with E-state index in [2.05, 4.69) is 44.3 Å². The fraction of sp³-hybridized carbons (Fsp3) is 0.400. The lowest BCUT2D eigenvalue weighted by atomic mass is 9.93. The second-order valence-corrected chi connectivity index (χ2v) is 4.00. The molecule has 0 amide bonds. The van der Waals surface area contributed by atoms with Crippen LogP contribution in [0.5, 0.6) is 0 Å². The van der Waals surface area contributed by atoms with Gasteiger partial charge in [-0.05, 0) is 31.4 Å². The third kappa shape index (κ3) is 1.48. The summed E-state index contributed by atoms with van der Waals surface area (Å²) in [5.74, 6) is 0. The first-order valence-electron chi connectivity index (χ1n) is 4.38. The van der Waals surface area contributed by atoms with Gasteiger partial charge in [0.05, 0.1) is 0 Å². The molecule has 0 aromatic heterocycles. The second kappa shape index (κ2) is 3.48. The molecule has 0 atom stereocenters. The highest BCUT2D eigenvalue weighted by molar-refractivity contribution is 9.10. The summed E-state index contributed by atoms with van der Waals surface area (Å²) in [4.78, 5) is 0. The first-order valence-corrected chi connectivity index (χ1v) is 5.09. The zero-order valence-electron chi connectivity index (χ0n) is 6.91. The quantitative estimate of drug-likeness (QED) is 0.699. The molecule has 0 saturated heterocycles. The van der Waals surface area contributed by atoms with E-state index in [0.717, 1.165) is 0 Å². The second-order valence-electron chi connectivity index (χ2n) is 3.23. The predicted molar refractivity (Wildman–Crippen MR) is 55.5 cm³/mol. The van der Waals surface area contributed by atoms with Crippen molar-refractivity contribution in [3.63, 3.8) is 0 Å². The molecular formula is C10H12BrN. The standard InChI is InChI=1S/C10H12BrN/c11-12(10-7-4-8-10)9-5-2-1-3-6-9/h1-3,5-6,10H,4,7-8H2. The number of nitrogens with zero attached hydrogens (tertiary/aromatic N) is 1. The maximum Gasteiger partial charge on any atom is 0.0499 e. The molecule has 2 heteroatoms. The molecule has 0 heterocycles. The summed E-state index contributed by atoms with van der Waals surface area (Å²) in [5, 5.41) is 0. The summed E-state index contributed by atoms with van der Waals surface area (Å²) in [6.07, 6.45) is 4.01. The summed E-state index contributed by atoms with van der Waals surface area (Å²) in [5.41, 5.74) is 1.27. The minimum atomic E-state index is 0.715. The summed E-state index contributed by atoms with van der Waals surface area (Å²) < 4.78 is 2.20. The highest BCUT2D eigenvalue weighted by Crippen LogP contribution is 2.31. The average Bonchev–Trinajstić information content (AvgIpc) is 2.03. The molecule has 0 radical (unpaired) electrons. The number of rotatable bonds is 2. The molecule has 1 aliphatic carbocycles. The number of para-hydroxylation sites is 1. The van der Waals surface area contributed by atoms with Crippen LogP contribution in [0.15, 0.2) is 30.3 Å². The average molecular weight is 226 g/mol. The zero-order chi connectivity index (χ0) is 8.39. The van der Waals surface area contributed by atoms with Crippen molar-refractivity contribution in [2.45, 2.75) is 25.3 Å². The van der Waals surface area contributed by atoms with Crippen LogP contribution in [0.2, 0.25) is 0 Å². The monoisotopic (exact) mass is 225 g/mol. The van der Waals surface area contributed by atoms with Crippen LogP contribution in [0.3, 0.4) is 0 Å². The Bertz CT molecular complexity index is 243. The van der Waals surface area contributed by atoms with E-state index in [1.165, 1.54) is 24.9 Å². The van der Waals surface area contributed by atoms with Gasteiger partial charge in [-0.2, -0.15) is 0 Å². The van der Waals surface area contributed by atoms with Crippen LogP contribution in [0, 0.1) is 0 Å². The molecule has 0 N–H and O–H groups in total. The van der Waals surface area contributed by atoms with E-state index in [9.17, 15) is 0 Å². The molecule has 1 aromatic carbocycles. The third-order valence-corrected chi connectivity index (χ3v) is 3.39. The molecule has 1 saturated carbocycles. The first-order chi connectivity index (χ1) is 5.88. The normalized spacial score (nSPS) is 17.1. The van der Waals surface area contributed by atoms with E-state index in [4.69, 9.17) is 0 Å². The molecule has 1 aromatic rings. The highest BCUT2D eigenvalue weighted by atomic mass is 79.9. The molecule has 0 bridgehead atoms. The Morgan fingerprint density at radius 1 is 1.17 bits per heavy atom. The number of halogens is 1. The van der Waals surface area contributed by atoms with Crippen LogP contribution in [0.25, 0.3) is 0 Å². The van der Waals surface area contributed by atoms with E-state index < -0.39 is 0 Å². The van der Waals surface area contributed by atoms with E-state index in [-0.39, 0.29) is 0 Å². The van der Waals surface area contributed by atoms with E-state index in [0.29, 0.717) is 6.04 Å². The van der Waals surface area contributed by atoms with Gasteiger partial charge >= 0.3 is 0 Å². The SMILES string of the molecule is BrN(c1ccccc1)C1CCC1. The Kier molecular flexibility index (Phi) is 2.35. The maximum atomic E-state index is 3.60. The van der Waals surface area contributed by atoms with Crippen LogP contribution in [-0.4, -0.2) is 6.04 Å². The predicted octanol–water partition coefficient (Wildman–Crippen LogP) is 3.36. The van der Waals surface area contributed by atoms with Crippen molar-refractivity contribution >= 4 is 21.8 Å². The lowest BCUT2D eigenvalue weighted by molar-refractivity contribution is 0.427. The maximum absolute atomic E-state index is 3.60. The van der Waals surface area contributed by atoms with Gasteiger partial charge < -0.3 is 3.93 Å². The van der Waals surface area contributed by atoms with Crippen molar-refractivity contribution in [3.05, 3.63) is 30.3 Å². The van der Waals surface area contributed by atoms with Crippen molar-refractivity contribution in [1.29, 1.82) is 0 Å². The van der Waals surface area contributed by atoms with Gasteiger partial charge in [-0.25, -0.2) is 0 Å². The Hall–Kier alpha value is -0.500. The highest BCUT2D eigenvalue weighted by Gasteiger charge is 2.23. The minimum Gasteiger partial charge on any atom is -0.306 e. The molecular weight excluding hydrogens is 214 g/mol. The van der Waals surface area contributed by atoms with Crippen LogP contribution in [0.1, 0.15) is 19.3 Å². The Balaban J connectivity index is 2.08. The van der Waals surface area contributed by atoms with E-state index in [1.807, 2.05) is 6.07 Å². The van der Waals surface area contributed by atoms with Gasteiger partial charge in [0.2, 0.25) is 0 Å². The number of hydrogen-bond acceptors (Lipinski definition) is 1. The largest absolute Gasteiger partial charge is 0.306 e. The van der Waals surface area contributed by atoms with E-state index in [1.54, 1.807) is 0 Å². The van der Waals surface area contributed by atoms with Crippen molar-refractivity contribution in [2.75, 3.05) is 3.93 Å². The van der Waals surface area contributed by atoms with Crippen LogP contribution >= 0.6 is 16.1 Å². The zero-order valence-corrected chi connectivity index (χ0v) is 8.50. The fourth-order valence-corrected chi connectivity index (χ4v) is 2.04. The fourth-order valence-electron chi connectivity index (χ4n) is 1.39. The molecule has 1 fully saturated rings. The third-order valence-electron chi connectivity index (χ3n) is 2.40. The van der Waals surface area contributed by atoms with Gasteiger partial charge in [0.15, 0.2) is 0 Å². The van der Waals surface area contributed by atoms with Gasteiger partial charge in [0.25, 0.3) is 0 Å². The number of hydrogen-bond donors (Lipinski definition) is 0. The van der Waals surface area contributed by atoms with Crippen molar-refractivity contribution in [2.24, 2.45) is 0 Å². The summed E-state index contributed by atoms with van der Waals surface area (Å²) >= 11 is 3.60. The van der Waals surface area contributed by atoms with Gasteiger partial charge in [0.1, 0.15) is 0 Å². The van der Waals surface area contributed by atoms with Crippen LogP contribution in [0.4, 0.5) is 5.69 Å². The molecule has 12 heavy (non-hydrogen) atoms. The Labute approximate surface area is 81.7 Å². The molecule has 0 spiro atoms. The van der Waals surface area contributed by atoms with Crippen molar-refractivity contribution in [1.82, 2.24) is 0 Å². The smallest absolute Gasteiger partial charge is 0.0499 e. The Morgan fingerprint density at radius 2 is 1.83 bits per heavy atom. The molecule has 1 aliphatic rings. The lowest BCUT2D eigenvalue weighted by Gasteiger charge is -2.34. The summed E-state index contributed by atoms with van der Waals surface area (Å²) in [6.45, 7) is 0. The van der Waals surface area contributed by atoms with Crippen molar-refractivity contribution in [3.8, 4) is 0 Å². The number of anilines is 1. The molecule has 0 unspecified atom stereocenters. The molecule has 2 rings (SSSR count). The van der Waals surface area contributed by atoms with Gasteiger partial charge in [0, 0.05) is 27.9 Å². The minimum absolute atomic E-state index is 0.715. The van der Waals surface area contributed by atoms with Gasteiger partial charge in [-0.1, -0.05) is 18.2 Å². The van der Waals surface area contributed by atoms with E-state index >= 15 is 0 Å². The summed E-state index contributed by atoms with van der Waals surface area (Å²) in [6, 6.07) is 11.2. The topological polar surface area (TPSA) is 3.24 Å². The van der Waals surface area contributed by atoms with Gasteiger partial charge in [-0.15, -0.1) is 0 Å². The number of benzene rings is 1. The molecule has 0 aliphatic heterocycles. The summed E-state index contributed by atoms with van der Waals surface area (Å²) in [7, 11) is 0. The van der Waals surface area contributed by atoms with Crippen LogP contribution < -0.4 is 3.93 Å². The lowest BCUT2D eigenvalue weighted by Crippen LogP contribution is -2.32. The van der Waals surface area contributed by atoms with Crippen molar-refractivity contribution < 1.29 is 0 Å². The van der Waals surface area contributed by atoms with Gasteiger partial charge in [-0.3, -0.25) is 0 Å². The first kappa shape index (κ1) is 8.11. The molecule has 64 valence electrons. The molecule has 1 nitrogen and oxygen atoms in total. The van der Waals surface area contributed by atoms with Crippen LogP contribution in [-0.2, 0) is 0 Å².